The Labute approximate surface area is 135 Å². The van der Waals surface area contributed by atoms with Crippen LogP contribution < -0.4 is 5.73 Å². The van der Waals surface area contributed by atoms with Crippen molar-refractivity contribution in [3.63, 3.8) is 0 Å². The number of benzene rings is 1. The summed E-state index contributed by atoms with van der Waals surface area (Å²) in [5.74, 6) is -0.419. The third-order valence-electron chi connectivity index (χ3n) is 5.10. The molecule has 1 amide bonds. The molecule has 2 N–H and O–H groups in total. The summed E-state index contributed by atoms with van der Waals surface area (Å²) in [6.07, 6.45) is 1.50. The van der Waals surface area contributed by atoms with Crippen molar-refractivity contribution in [2.75, 3.05) is 13.1 Å². The predicted molar refractivity (Wildman–Crippen MR) is 85.2 cm³/mol. The lowest BCUT2D eigenvalue weighted by molar-refractivity contribution is -0.136. The van der Waals surface area contributed by atoms with Crippen LogP contribution in [0.5, 0.6) is 0 Å². The van der Waals surface area contributed by atoms with Crippen molar-refractivity contribution in [2.24, 2.45) is 17.1 Å². The number of rotatable bonds is 2. The van der Waals surface area contributed by atoms with Gasteiger partial charge in [-0.1, -0.05) is 31.5 Å². The zero-order valence-electron chi connectivity index (χ0n) is 13.0. The van der Waals surface area contributed by atoms with Crippen LogP contribution in [0.15, 0.2) is 18.2 Å². The summed E-state index contributed by atoms with van der Waals surface area (Å²) < 4.78 is 14.0. The van der Waals surface area contributed by atoms with Gasteiger partial charge in [-0.3, -0.25) is 4.79 Å². The van der Waals surface area contributed by atoms with E-state index in [9.17, 15) is 9.18 Å². The molecule has 3 rings (SSSR count). The number of amides is 1. The molecule has 0 radical (unpaired) electrons. The molecule has 3 atom stereocenters. The summed E-state index contributed by atoms with van der Waals surface area (Å²) in [6.45, 7) is 5.54. The second-order valence-electron chi connectivity index (χ2n) is 7.23. The van der Waals surface area contributed by atoms with Crippen LogP contribution in [0.1, 0.15) is 38.2 Å². The highest BCUT2D eigenvalue weighted by Gasteiger charge is 2.49. The molecule has 1 aromatic rings. The molecule has 1 saturated carbocycles. The smallest absolute Gasteiger partial charge is 0.226 e. The van der Waals surface area contributed by atoms with Crippen LogP contribution in [0.25, 0.3) is 0 Å². The van der Waals surface area contributed by atoms with E-state index in [2.05, 4.69) is 13.8 Å². The van der Waals surface area contributed by atoms with E-state index in [1.807, 2.05) is 4.90 Å². The highest BCUT2D eigenvalue weighted by molar-refractivity contribution is 6.31. The third-order valence-corrected chi connectivity index (χ3v) is 5.43. The molecule has 1 saturated heterocycles. The summed E-state index contributed by atoms with van der Waals surface area (Å²) in [5, 5.41) is 0.418. The second-order valence-corrected chi connectivity index (χ2v) is 7.63. The van der Waals surface area contributed by atoms with Gasteiger partial charge in [-0.25, -0.2) is 4.39 Å². The zero-order chi connectivity index (χ0) is 16.1. The highest BCUT2D eigenvalue weighted by atomic mass is 35.5. The first-order chi connectivity index (χ1) is 10.3. The van der Waals surface area contributed by atoms with Gasteiger partial charge >= 0.3 is 0 Å². The van der Waals surface area contributed by atoms with Crippen molar-refractivity contribution in [1.82, 2.24) is 4.90 Å². The second kappa shape index (κ2) is 5.50. The molecule has 0 spiro atoms. The van der Waals surface area contributed by atoms with E-state index in [1.165, 1.54) is 6.07 Å². The molecule has 1 aliphatic carbocycles. The Kier molecular flexibility index (Phi) is 3.94. The Morgan fingerprint density at radius 2 is 2.18 bits per heavy atom. The fourth-order valence-electron chi connectivity index (χ4n) is 3.45. The first kappa shape index (κ1) is 15.8. The summed E-state index contributed by atoms with van der Waals surface area (Å²) in [7, 11) is 0. The van der Waals surface area contributed by atoms with Crippen molar-refractivity contribution in [3.8, 4) is 0 Å². The topological polar surface area (TPSA) is 46.3 Å². The first-order valence-corrected chi connectivity index (χ1v) is 8.17. The Bertz CT molecular complexity index is 584. The van der Waals surface area contributed by atoms with E-state index >= 15 is 0 Å². The van der Waals surface area contributed by atoms with Gasteiger partial charge in [0.1, 0.15) is 5.82 Å². The van der Waals surface area contributed by atoms with Crippen molar-refractivity contribution in [1.29, 1.82) is 0 Å². The number of halogens is 2. The summed E-state index contributed by atoms with van der Waals surface area (Å²) in [5.41, 5.74) is 6.54. The van der Waals surface area contributed by atoms with Gasteiger partial charge in [-0.05, 0) is 30.4 Å². The number of hydrogen-bond donors (Lipinski definition) is 1. The molecule has 5 heteroatoms. The van der Waals surface area contributed by atoms with Gasteiger partial charge in [-0.2, -0.15) is 0 Å². The molecule has 22 heavy (non-hydrogen) atoms. The zero-order valence-corrected chi connectivity index (χ0v) is 13.7. The lowest BCUT2D eigenvalue weighted by atomic mass is 9.79. The molecule has 0 bridgehead atoms. The Hall–Kier alpha value is -1.13. The quantitative estimate of drug-likeness (QED) is 0.908. The van der Waals surface area contributed by atoms with Crippen LogP contribution in [-0.2, 0) is 4.79 Å². The molecule has 1 aromatic carbocycles. The van der Waals surface area contributed by atoms with Gasteiger partial charge in [0.15, 0.2) is 0 Å². The minimum atomic E-state index is -0.311. The minimum Gasteiger partial charge on any atom is -0.342 e. The normalized spacial score (nSPS) is 30.2. The molecule has 0 aromatic heterocycles. The lowest BCUT2D eigenvalue weighted by Crippen LogP contribution is -2.54. The molecule has 120 valence electrons. The SMILES string of the molecule is CC1(C)CN(C(=O)C2CC2c2c(F)cccc2Cl)CCC1N. The number of piperidine rings is 1. The van der Waals surface area contributed by atoms with E-state index in [1.54, 1.807) is 12.1 Å². The van der Waals surface area contributed by atoms with Crippen LogP contribution in [0, 0.1) is 17.2 Å². The van der Waals surface area contributed by atoms with Gasteiger partial charge in [0, 0.05) is 41.6 Å². The molecule has 3 unspecified atom stereocenters. The van der Waals surface area contributed by atoms with Crippen LogP contribution >= 0.6 is 11.6 Å². The standard InChI is InChI=1S/C17H22ClFN2O/c1-17(2)9-21(7-6-14(17)20)16(22)11-8-10(11)15-12(18)4-3-5-13(15)19/h3-5,10-11,14H,6-9,20H2,1-2H3. The highest BCUT2D eigenvalue weighted by Crippen LogP contribution is 2.51. The fourth-order valence-corrected chi connectivity index (χ4v) is 3.75. The number of nitrogens with two attached hydrogens (primary N) is 1. The van der Waals surface area contributed by atoms with Crippen LogP contribution in [0.4, 0.5) is 4.39 Å². The maximum Gasteiger partial charge on any atom is 0.226 e. The van der Waals surface area contributed by atoms with Crippen LogP contribution in [0.2, 0.25) is 5.02 Å². The summed E-state index contributed by atoms with van der Waals surface area (Å²) in [4.78, 5) is 14.6. The van der Waals surface area contributed by atoms with Gasteiger partial charge < -0.3 is 10.6 Å². The number of likely N-dealkylation sites (tertiary alicyclic amines) is 1. The van der Waals surface area contributed by atoms with Gasteiger partial charge in [0.2, 0.25) is 5.91 Å². The summed E-state index contributed by atoms with van der Waals surface area (Å²) in [6, 6.07) is 4.80. The molecule has 1 aliphatic heterocycles. The van der Waals surface area contributed by atoms with E-state index in [0.717, 1.165) is 6.42 Å². The monoisotopic (exact) mass is 324 g/mol. The molecule has 2 aliphatic rings. The molecule has 1 heterocycles. The van der Waals surface area contributed by atoms with Crippen molar-refractivity contribution in [2.45, 2.75) is 38.6 Å². The maximum atomic E-state index is 14.0. The van der Waals surface area contributed by atoms with E-state index in [4.69, 9.17) is 17.3 Å². The van der Waals surface area contributed by atoms with Crippen molar-refractivity contribution < 1.29 is 9.18 Å². The molecule has 3 nitrogen and oxygen atoms in total. The van der Waals surface area contributed by atoms with Crippen LogP contribution in [-0.4, -0.2) is 29.9 Å². The number of nitrogens with zero attached hydrogens (tertiary/aromatic N) is 1. The molecular formula is C17H22ClFN2O. The van der Waals surface area contributed by atoms with Crippen LogP contribution in [0.3, 0.4) is 0 Å². The first-order valence-electron chi connectivity index (χ1n) is 7.79. The van der Waals surface area contributed by atoms with E-state index in [-0.39, 0.29) is 35.0 Å². The number of carbonyl (C=O) groups is 1. The van der Waals surface area contributed by atoms with E-state index < -0.39 is 0 Å². The Balaban J connectivity index is 1.71. The molecule has 2 fully saturated rings. The summed E-state index contributed by atoms with van der Waals surface area (Å²) >= 11 is 6.10. The molecular weight excluding hydrogens is 303 g/mol. The van der Waals surface area contributed by atoms with Gasteiger partial charge in [-0.15, -0.1) is 0 Å². The van der Waals surface area contributed by atoms with Gasteiger partial charge in [0.05, 0.1) is 0 Å². The lowest BCUT2D eigenvalue weighted by Gasteiger charge is -2.42. The number of carbonyl (C=O) groups excluding carboxylic acids is 1. The largest absolute Gasteiger partial charge is 0.342 e. The fraction of sp³-hybridized carbons (Fsp3) is 0.588. The average Bonchev–Trinajstić information content (AvgIpc) is 3.21. The van der Waals surface area contributed by atoms with Crippen molar-refractivity contribution in [3.05, 3.63) is 34.6 Å². The Morgan fingerprint density at radius 1 is 1.45 bits per heavy atom. The Morgan fingerprint density at radius 3 is 2.82 bits per heavy atom. The van der Waals surface area contributed by atoms with Gasteiger partial charge in [0.25, 0.3) is 0 Å². The maximum absolute atomic E-state index is 14.0. The van der Waals surface area contributed by atoms with E-state index in [0.29, 0.717) is 30.1 Å². The average molecular weight is 325 g/mol. The number of hydrogen-bond acceptors (Lipinski definition) is 2. The third kappa shape index (κ3) is 2.74. The predicted octanol–water partition coefficient (Wildman–Crippen LogP) is 3.17. The van der Waals surface area contributed by atoms with Crippen molar-refractivity contribution >= 4 is 17.5 Å². The minimum absolute atomic E-state index is 0.0755.